The van der Waals surface area contributed by atoms with Crippen molar-refractivity contribution in [1.82, 2.24) is 14.8 Å². The number of likely N-dealkylation sites (tertiary alicyclic amines) is 2. The molecule has 0 radical (unpaired) electrons. The first-order valence-corrected chi connectivity index (χ1v) is 8.96. The maximum Gasteiger partial charge on any atom is 0.407 e. The first-order chi connectivity index (χ1) is 11.6. The van der Waals surface area contributed by atoms with Gasteiger partial charge < -0.3 is 19.9 Å². The summed E-state index contributed by atoms with van der Waals surface area (Å²) in [5.74, 6) is 0.370. The topological polar surface area (TPSA) is 76.6 Å². The predicted octanol–water partition coefficient (Wildman–Crippen LogP) is 2.09. The fourth-order valence-corrected chi connectivity index (χ4v) is 4.96. The highest BCUT2D eigenvalue weighted by molar-refractivity contribution is 5.65. The second-order valence-electron chi connectivity index (χ2n) is 7.78. The van der Waals surface area contributed by atoms with Gasteiger partial charge in [0.1, 0.15) is 0 Å². The third-order valence-electron chi connectivity index (χ3n) is 6.38. The molecule has 4 rings (SSSR count). The Morgan fingerprint density at radius 3 is 2.62 bits per heavy atom. The summed E-state index contributed by atoms with van der Waals surface area (Å²) in [7, 11) is 0. The fraction of sp³-hybridized carbons (Fsp3) is 0.667. The van der Waals surface area contributed by atoms with Gasteiger partial charge >= 0.3 is 6.09 Å². The van der Waals surface area contributed by atoms with Crippen molar-refractivity contribution < 1.29 is 9.90 Å². The number of aromatic amines is 1. The number of carbonyl (C=O) groups is 1. The van der Waals surface area contributed by atoms with Crippen LogP contribution in [0.5, 0.6) is 0 Å². The van der Waals surface area contributed by atoms with Crippen molar-refractivity contribution in [1.29, 1.82) is 0 Å². The molecule has 130 valence electrons. The summed E-state index contributed by atoms with van der Waals surface area (Å²) in [4.78, 5) is 29.9. The average Bonchev–Trinajstić information content (AvgIpc) is 3.00. The number of H-pyrrole nitrogens is 1. The molecule has 1 spiro atoms. The number of hydrogen-bond donors (Lipinski definition) is 2. The van der Waals surface area contributed by atoms with Crippen molar-refractivity contribution in [2.75, 3.05) is 26.2 Å². The molecule has 2 aliphatic heterocycles. The van der Waals surface area contributed by atoms with Crippen molar-refractivity contribution in [2.24, 2.45) is 5.41 Å². The molecule has 1 aliphatic carbocycles. The summed E-state index contributed by atoms with van der Waals surface area (Å²) in [5.41, 5.74) is 1.23. The van der Waals surface area contributed by atoms with E-state index in [2.05, 4.69) is 9.88 Å². The van der Waals surface area contributed by atoms with E-state index >= 15 is 0 Å². The Bertz CT molecular complexity index is 672. The molecule has 0 bridgehead atoms. The molecule has 1 saturated carbocycles. The van der Waals surface area contributed by atoms with Crippen LogP contribution in [0, 0.1) is 5.41 Å². The van der Waals surface area contributed by atoms with Gasteiger partial charge in [-0.2, -0.15) is 0 Å². The molecule has 24 heavy (non-hydrogen) atoms. The van der Waals surface area contributed by atoms with E-state index in [1.807, 2.05) is 12.1 Å². The lowest BCUT2D eigenvalue weighted by atomic mass is 9.64. The Morgan fingerprint density at radius 1 is 1.25 bits per heavy atom. The zero-order valence-electron chi connectivity index (χ0n) is 13.9. The molecule has 6 nitrogen and oxygen atoms in total. The van der Waals surface area contributed by atoms with Crippen molar-refractivity contribution in [3.63, 3.8) is 0 Å². The summed E-state index contributed by atoms with van der Waals surface area (Å²) in [5, 5.41) is 9.13. The van der Waals surface area contributed by atoms with Crippen molar-refractivity contribution in [2.45, 2.75) is 44.1 Å². The van der Waals surface area contributed by atoms with E-state index in [1.54, 1.807) is 11.1 Å². The summed E-state index contributed by atoms with van der Waals surface area (Å²) >= 11 is 0. The van der Waals surface area contributed by atoms with Crippen LogP contribution in [0.15, 0.2) is 23.1 Å². The highest BCUT2D eigenvalue weighted by Gasteiger charge is 2.51. The van der Waals surface area contributed by atoms with E-state index < -0.39 is 6.09 Å². The number of amides is 1. The largest absolute Gasteiger partial charge is 0.465 e. The highest BCUT2D eigenvalue weighted by atomic mass is 16.4. The Balaban J connectivity index is 1.30. The molecule has 1 aromatic rings. The van der Waals surface area contributed by atoms with E-state index in [0.29, 0.717) is 25.0 Å². The molecule has 3 aliphatic rings. The van der Waals surface area contributed by atoms with Crippen molar-refractivity contribution >= 4 is 6.09 Å². The van der Waals surface area contributed by atoms with Gasteiger partial charge in [0.25, 0.3) is 5.56 Å². The number of carboxylic acid groups (broad SMARTS) is 1. The Morgan fingerprint density at radius 2 is 2.00 bits per heavy atom. The minimum atomic E-state index is -0.774. The van der Waals surface area contributed by atoms with Gasteiger partial charge in [-0.25, -0.2) is 4.79 Å². The van der Waals surface area contributed by atoms with Gasteiger partial charge in [-0.15, -0.1) is 0 Å². The number of nitrogens with one attached hydrogen (secondary N) is 1. The molecule has 3 fully saturated rings. The van der Waals surface area contributed by atoms with Gasteiger partial charge in [-0.1, -0.05) is 6.07 Å². The number of piperidine rings is 1. The lowest BCUT2D eigenvalue weighted by Gasteiger charge is -2.51. The van der Waals surface area contributed by atoms with Gasteiger partial charge in [-0.3, -0.25) is 4.79 Å². The van der Waals surface area contributed by atoms with E-state index in [4.69, 9.17) is 5.11 Å². The van der Waals surface area contributed by atoms with Gasteiger partial charge in [0.15, 0.2) is 0 Å². The summed E-state index contributed by atoms with van der Waals surface area (Å²) in [6, 6.07) is 4.47. The third-order valence-corrected chi connectivity index (χ3v) is 6.38. The predicted molar refractivity (Wildman–Crippen MR) is 90.3 cm³/mol. The monoisotopic (exact) mass is 331 g/mol. The SMILES string of the molecule is O=C(O)N1CCC2(CC(N3CCC(c4ccc[nH]c4=O)CC3)C2)C1. The van der Waals surface area contributed by atoms with Crippen molar-refractivity contribution in [3.8, 4) is 0 Å². The molecular formula is C18H25N3O3. The average molecular weight is 331 g/mol. The van der Waals surface area contributed by atoms with Crippen molar-refractivity contribution in [3.05, 3.63) is 34.2 Å². The summed E-state index contributed by atoms with van der Waals surface area (Å²) in [6.07, 6.45) is 6.28. The summed E-state index contributed by atoms with van der Waals surface area (Å²) < 4.78 is 0. The minimum absolute atomic E-state index is 0.0539. The number of nitrogens with zero attached hydrogens (tertiary/aromatic N) is 2. The van der Waals surface area contributed by atoms with E-state index in [9.17, 15) is 9.59 Å². The molecule has 1 aromatic heterocycles. The molecule has 6 heteroatoms. The Kier molecular flexibility index (Phi) is 3.87. The van der Waals surface area contributed by atoms with Crippen LogP contribution in [-0.2, 0) is 0 Å². The van der Waals surface area contributed by atoms with Crippen LogP contribution in [0.25, 0.3) is 0 Å². The molecule has 0 unspecified atom stereocenters. The molecule has 0 atom stereocenters. The fourth-order valence-electron chi connectivity index (χ4n) is 4.96. The molecule has 2 N–H and O–H groups in total. The van der Waals surface area contributed by atoms with Gasteiger partial charge in [-0.05, 0) is 62.6 Å². The quantitative estimate of drug-likeness (QED) is 0.870. The molecular weight excluding hydrogens is 306 g/mol. The minimum Gasteiger partial charge on any atom is -0.465 e. The van der Waals surface area contributed by atoms with Crippen LogP contribution < -0.4 is 5.56 Å². The zero-order valence-corrected chi connectivity index (χ0v) is 13.9. The molecule has 0 aromatic carbocycles. The Hall–Kier alpha value is -1.82. The van der Waals surface area contributed by atoms with Gasteiger partial charge in [0, 0.05) is 30.9 Å². The third kappa shape index (κ3) is 2.73. The van der Waals surface area contributed by atoms with Crippen LogP contribution in [0.3, 0.4) is 0 Å². The highest BCUT2D eigenvalue weighted by Crippen LogP contribution is 2.50. The maximum atomic E-state index is 11.9. The lowest BCUT2D eigenvalue weighted by Crippen LogP contribution is -2.54. The van der Waals surface area contributed by atoms with E-state index in [-0.39, 0.29) is 11.0 Å². The maximum absolute atomic E-state index is 11.9. The summed E-state index contributed by atoms with van der Waals surface area (Å²) in [6.45, 7) is 3.50. The first kappa shape index (κ1) is 15.7. The smallest absolute Gasteiger partial charge is 0.407 e. The van der Waals surface area contributed by atoms with Crippen LogP contribution in [-0.4, -0.2) is 58.2 Å². The van der Waals surface area contributed by atoms with Gasteiger partial charge in [0.05, 0.1) is 0 Å². The lowest BCUT2D eigenvalue weighted by molar-refractivity contribution is -0.00390. The second kappa shape index (κ2) is 5.92. The number of aromatic nitrogens is 1. The van der Waals surface area contributed by atoms with E-state index in [0.717, 1.165) is 50.8 Å². The van der Waals surface area contributed by atoms with E-state index in [1.165, 1.54) is 0 Å². The zero-order chi connectivity index (χ0) is 16.7. The molecule has 1 amide bonds. The normalized spacial score (nSPS) is 31.3. The van der Waals surface area contributed by atoms with Gasteiger partial charge in [0.2, 0.25) is 0 Å². The Labute approximate surface area is 141 Å². The number of hydrogen-bond acceptors (Lipinski definition) is 3. The number of pyridine rings is 1. The molecule has 2 saturated heterocycles. The van der Waals surface area contributed by atoms with Crippen LogP contribution >= 0.6 is 0 Å². The second-order valence-corrected chi connectivity index (χ2v) is 7.78. The van der Waals surface area contributed by atoms with Crippen LogP contribution in [0.2, 0.25) is 0 Å². The number of rotatable bonds is 2. The van der Waals surface area contributed by atoms with Crippen LogP contribution in [0.1, 0.15) is 43.6 Å². The standard InChI is InChI=1S/C18H25N3O3/c22-16-15(2-1-6-19-16)13-3-7-20(8-4-13)14-10-18(11-14)5-9-21(12-18)17(23)24/h1-2,6,13-14H,3-5,7-12H2,(H,19,22)(H,23,24). The molecule has 3 heterocycles. The first-order valence-electron chi connectivity index (χ1n) is 8.96. The van der Waals surface area contributed by atoms with Crippen LogP contribution in [0.4, 0.5) is 4.79 Å².